The van der Waals surface area contributed by atoms with E-state index in [2.05, 4.69) is 16.0 Å². The first-order valence-electron chi connectivity index (χ1n) is 9.92. The lowest BCUT2D eigenvalue weighted by molar-refractivity contribution is -0.142. The number of primary amides is 1. The van der Waals surface area contributed by atoms with Crippen molar-refractivity contribution in [1.29, 1.82) is 0 Å². The molecule has 0 bridgehead atoms. The van der Waals surface area contributed by atoms with Gasteiger partial charge in [0.2, 0.25) is 23.6 Å². The first kappa shape index (κ1) is 27.3. The maximum Gasteiger partial charge on any atom is 0.325 e. The maximum atomic E-state index is 12.8. The summed E-state index contributed by atoms with van der Waals surface area (Å²) in [6.07, 6.45) is 0.170. The van der Waals surface area contributed by atoms with Gasteiger partial charge in [-0.1, -0.05) is 27.7 Å². The highest BCUT2D eigenvalue weighted by Gasteiger charge is 2.30. The Hall–Kier alpha value is -2.69. The minimum Gasteiger partial charge on any atom is -0.480 e. The zero-order valence-electron chi connectivity index (χ0n) is 18.2. The third-order valence-electron chi connectivity index (χ3n) is 4.17. The van der Waals surface area contributed by atoms with Gasteiger partial charge in [0, 0.05) is 0 Å². The van der Waals surface area contributed by atoms with E-state index in [0.717, 1.165) is 0 Å². The Labute approximate surface area is 176 Å². The fourth-order valence-electron chi connectivity index (χ4n) is 2.66. The Bertz CT molecular complexity index is 637. The molecule has 4 atom stereocenters. The van der Waals surface area contributed by atoms with Gasteiger partial charge in [-0.3, -0.25) is 24.0 Å². The summed E-state index contributed by atoms with van der Waals surface area (Å²) >= 11 is 0. The maximum absolute atomic E-state index is 12.8. The van der Waals surface area contributed by atoms with Crippen LogP contribution in [-0.2, 0) is 24.0 Å². The summed E-state index contributed by atoms with van der Waals surface area (Å²) in [7, 11) is 0. The number of carboxylic acid groups (broad SMARTS) is 1. The van der Waals surface area contributed by atoms with Gasteiger partial charge in [-0.2, -0.15) is 0 Å². The Morgan fingerprint density at radius 1 is 0.767 bits per heavy atom. The Morgan fingerprint density at radius 3 is 1.67 bits per heavy atom. The molecule has 0 saturated heterocycles. The van der Waals surface area contributed by atoms with E-state index in [9.17, 15) is 24.0 Å². The second-order valence-electron chi connectivity index (χ2n) is 8.23. The van der Waals surface area contributed by atoms with Crippen LogP contribution >= 0.6 is 0 Å². The predicted molar refractivity (Wildman–Crippen MR) is 110 cm³/mol. The van der Waals surface area contributed by atoms with Crippen molar-refractivity contribution >= 4 is 29.6 Å². The highest BCUT2D eigenvalue weighted by Crippen LogP contribution is 2.08. The molecule has 0 saturated carbocycles. The van der Waals surface area contributed by atoms with Gasteiger partial charge < -0.3 is 32.5 Å². The largest absolute Gasteiger partial charge is 0.480 e. The molecule has 11 nitrogen and oxygen atoms in total. The summed E-state index contributed by atoms with van der Waals surface area (Å²) in [5.74, 6) is -4.00. The predicted octanol–water partition coefficient (Wildman–Crippen LogP) is -1.16. The standard InChI is InChI=1S/C19H35N5O6/c1-9(2)6-12(20)16(26)23-13(7-10(3)4)18(28)24-14(8-15(21)25)17(27)22-11(5)19(29)30/h9-14H,6-8,20H2,1-5H3,(H2,21,25)(H,22,27)(H,23,26)(H,24,28)(H,29,30). The fourth-order valence-corrected chi connectivity index (χ4v) is 2.66. The molecule has 0 fully saturated rings. The van der Waals surface area contributed by atoms with Crippen LogP contribution in [0.3, 0.4) is 0 Å². The molecule has 0 heterocycles. The number of carboxylic acids is 1. The van der Waals surface area contributed by atoms with Crippen molar-refractivity contribution in [2.45, 2.75) is 78.0 Å². The minimum absolute atomic E-state index is 0.0258. The summed E-state index contributed by atoms with van der Waals surface area (Å²) in [6, 6.07) is -4.40. The molecule has 0 aromatic rings. The average Bonchev–Trinajstić information content (AvgIpc) is 2.58. The summed E-state index contributed by atoms with van der Waals surface area (Å²) in [4.78, 5) is 59.7. The summed E-state index contributed by atoms with van der Waals surface area (Å²) in [6.45, 7) is 8.76. The van der Waals surface area contributed by atoms with E-state index >= 15 is 0 Å². The molecule has 0 aliphatic carbocycles. The van der Waals surface area contributed by atoms with E-state index in [1.807, 2.05) is 27.7 Å². The van der Waals surface area contributed by atoms with E-state index in [-0.39, 0.29) is 18.3 Å². The van der Waals surface area contributed by atoms with E-state index in [0.29, 0.717) is 6.42 Å². The van der Waals surface area contributed by atoms with Gasteiger partial charge in [-0.25, -0.2) is 0 Å². The van der Waals surface area contributed by atoms with Gasteiger partial charge in [0.15, 0.2) is 0 Å². The smallest absolute Gasteiger partial charge is 0.325 e. The number of amides is 4. The number of nitrogens with one attached hydrogen (secondary N) is 3. The van der Waals surface area contributed by atoms with Gasteiger partial charge in [-0.15, -0.1) is 0 Å². The lowest BCUT2D eigenvalue weighted by Crippen LogP contribution is -2.57. The molecule has 0 spiro atoms. The summed E-state index contributed by atoms with van der Waals surface area (Å²) in [5.41, 5.74) is 11.0. The number of rotatable bonds is 13. The Morgan fingerprint density at radius 2 is 1.23 bits per heavy atom. The van der Waals surface area contributed by atoms with Crippen molar-refractivity contribution in [3.05, 3.63) is 0 Å². The van der Waals surface area contributed by atoms with Crippen molar-refractivity contribution < 1.29 is 29.1 Å². The van der Waals surface area contributed by atoms with Crippen LogP contribution in [0.5, 0.6) is 0 Å². The second kappa shape index (κ2) is 12.8. The number of aliphatic carboxylic acids is 1. The second-order valence-corrected chi connectivity index (χ2v) is 8.23. The zero-order valence-corrected chi connectivity index (χ0v) is 18.2. The van der Waals surface area contributed by atoms with Crippen LogP contribution in [0, 0.1) is 11.8 Å². The van der Waals surface area contributed by atoms with E-state index in [4.69, 9.17) is 16.6 Å². The summed E-state index contributed by atoms with van der Waals surface area (Å²) < 4.78 is 0. The zero-order chi connectivity index (χ0) is 23.6. The number of hydrogen-bond donors (Lipinski definition) is 6. The van der Waals surface area contributed by atoms with Crippen molar-refractivity contribution in [2.24, 2.45) is 23.3 Å². The van der Waals surface area contributed by atoms with Crippen molar-refractivity contribution in [3.8, 4) is 0 Å². The molecule has 4 unspecified atom stereocenters. The lowest BCUT2D eigenvalue weighted by Gasteiger charge is -2.25. The van der Waals surface area contributed by atoms with Crippen LogP contribution in [0.1, 0.15) is 53.9 Å². The van der Waals surface area contributed by atoms with Gasteiger partial charge in [-0.05, 0) is 31.6 Å². The quantitative estimate of drug-likeness (QED) is 0.212. The molecule has 0 aliphatic heterocycles. The molecule has 8 N–H and O–H groups in total. The number of nitrogens with two attached hydrogens (primary N) is 2. The summed E-state index contributed by atoms with van der Waals surface area (Å²) in [5, 5.41) is 16.1. The van der Waals surface area contributed by atoms with Crippen LogP contribution in [0.4, 0.5) is 0 Å². The fraction of sp³-hybridized carbons (Fsp3) is 0.737. The highest BCUT2D eigenvalue weighted by atomic mass is 16.4. The highest BCUT2D eigenvalue weighted by molar-refractivity contribution is 5.96. The molecule has 11 heteroatoms. The third kappa shape index (κ3) is 10.7. The van der Waals surface area contributed by atoms with Crippen LogP contribution < -0.4 is 27.4 Å². The molecule has 0 aromatic heterocycles. The van der Waals surface area contributed by atoms with Crippen molar-refractivity contribution in [2.75, 3.05) is 0 Å². The molecule has 172 valence electrons. The molecule has 0 aromatic carbocycles. The molecule has 30 heavy (non-hydrogen) atoms. The lowest BCUT2D eigenvalue weighted by atomic mass is 10.00. The minimum atomic E-state index is -1.38. The van der Waals surface area contributed by atoms with E-state index in [1.165, 1.54) is 6.92 Å². The first-order chi connectivity index (χ1) is 13.7. The number of hydrogen-bond acceptors (Lipinski definition) is 6. The molecule has 0 rings (SSSR count). The van der Waals surface area contributed by atoms with Gasteiger partial charge in [0.05, 0.1) is 12.5 Å². The Kier molecular flexibility index (Phi) is 11.6. The monoisotopic (exact) mass is 429 g/mol. The molecule has 0 radical (unpaired) electrons. The van der Waals surface area contributed by atoms with Crippen LogP contribution in [0.2, 0.25) is 0 Å². The molecule has 0 aliphatic rings. The van der Waals surface area contributed by atoms with Crippen molar-refractivity contribution in [3.63, 3.8) is 0 Å². The van der Waals surface area contributed by atoms with Crippen LogP contribution in [0.25, 0.3) is 0 Å². The Balaban J connectivity index is 5.36. The number of carbonyl (C=O) groups is 5. The van der Waals surface area contributed by atoms with Gasteiger partial charge >= 0.3 is 5.97 Å². The third-order valence-corrected chi connectivity index (χ3v) is 4.17. The normalized spacial score (nSPS) is 15.1. The van der Waals surface area contributed by atoms with Gasteiger partial charge in [0.25, 0.3) is 0 Å². The van der Waals surface area contributed by atoms with E-state index < -0.39 is 60.2 Å². The number of carbonyl (C=O) groups excluding carboxylic acids is 4. The average molecular weight is 430 g/mol. The van der Waals surface area contributed by atoms with Gasteiger partial charge in [0.1, 0.15) is 18.1 Å². The van der Waals surface area contributed by atoms with Crippen LogP contribution in [-0.4, -0.2) is 58.9 Å². The SMILES string of the molecule is CC(C)CC(N)C(=O)NC(CC(C)C)C(=O)NC(CC(N)=O)C(=O)NC(C)C(=O)O. The first-order valence-corrected chi connectivity index (χ1v) is 9.92. The molecular weight excluding hydrogens is 394 g/mol. The molecule has 4 amide bonds. The van der Waals surface area contributed by atoms with Crippen LogP contribution in [0.15, 0.2) is 0 Å². The topological polar surface area (TPSA) is 194 Å². The van der Waals surface area contributed by atoms with Crippen molar-refractivity contribution in [1.82, 2.24) is 16.0 Å². The molecular formula is C19H35N5O6. The van der Waals surface area contributed by atoms with E-state index in [1.54, 1.807) is 0 Å².